The second kappa shape index (κ2) is 7.14. The van der Waals surface area contributed by atoms with Crippen molar-refractivity contribution in [1.82, 2.24) is 4.90 Å². The minimum Gasteiger partial charge on any atom is -0.496 e. The highest BCUT2D eigenvalue weighted by Crippen LogP contribution is 2.34. The van der Waals surface area contributed by atoms with E-state index in [1.807, 2.05) is 13.0 Å². The van der Waals surface area contributed by atoms with Crippen LogP contribution < -0.4 is 15.4 Å². The maximum absolute atomic E-state index is 6.18. The van der Waals surface area contributed by atoms with Gasteiger partial charge < -0.3 is 15.4 Å². The van der Waals surface area contributed by atoms with E-state index in [0.29, 0.717) is 6.04 Å². The number of nitrogens with two attached hydrogens (primary N) is 1. The predicted molar refractivity (Wildman–Crippen MR) is 89.1 cm³/mol. The number of hydrogen-bond donors (Lipinski definition) is 1. The molecular formula is C17H29N3O. The lowest BCUT2D eigenvalue weighted by Crippen LogP contribution is -2.49. The first-order valence-corrected chi connectivity index (χ1v) is 8.00. The number of hydrogen-bond acceptors (Lipinski definition) is 4. The summed E-state index contributed by atoms with van der Waals surface area (Å²) in [7, 11) is 1.71. The third-order valence-corrected chi connectivity index (χ3v) is 4.59. The molecule has 1 aliphatic rings. The van der Waals surface area contributed by atoms with Crippen LogP contribution >= 0.6 is 0 Å². The molecule has 0 aliphatic carbocycles. The molecule has 4 nitrogen and oxygen atoms in total. The molecule has 0 bridgehead atoms. The summed E-state index contributed by atoms with van der Waals surface area (Å²) in [5.74, 6) is 0.895. The van der Waals surface area contributed by atoms with E-state index < -0.39 is 0 Å². The SMILES string of the molecule is CCC(C)N1CCN(c2cccc(OC)c2[C@H](C)N)CC1. The van der Waals surface area contributed by atoms with Crippen LogP contribution in [0.3, 0.4) is 0 Å². The lowest BCUT2D eigenvalue weighted by atomic mass is 10.0. The van der Waals surface area contributed by atoms with Crippen molar-refractivity contribution in [1.29, 1.82) is 0 Å². The molecule has 2 N–H and O–H groups in total. The molecule has 0 amide bonds. The Morgan fingerprint density at radius 1 is 1.19 bits per heavy atom. The molecule has 21 heavy (non-hydrogen) atoms. The van der Waals surface area contributed by atoms with E-state index in [0.717, 1.165) is 37.5 Å². The topological polar surface area (TPSA) is 41.7 Å². The summed E-state index contributed by atoms with van der Waals surface area (Å²) < 4.78 is 5.50. The van der Waals surface area contributed by atoms with Crippen LogP contribution in [0.25, 0.3) is 0 Å². The third-order valence-electron chi connectivity index (χ3n) is 4.59. The molecule has 2 rings (SSSR count). The molecule has 0 aromatic heterocycles. The summed E-state index contributed by atoms with van der Waals surface area (Å²) in [4.78, 5) is 5.02. The Hall–Kier alpha value is -1.26. The fourth-order valence-corrected chi connectivity index (χ4v) is 3.11. The monoisotopic (exact) mass is 291 g/mol. The molecule has 1 aliphatic heterocycles. The smallest absolute Gasteiger partial charge is 0.125 e. The van der Waals surface area contributed by atoms with E-state index in [1.165, 1.54) is 12.1 Å². The van der Waals surface area contributed by atoms with Crippen molar-refractivity contribution >= 4 is 5.69 Å². The molecule has 1 saturated heterocycles. The number of piperazine rings is 1. The number of rotatable bonds is 5. The lowest BCUT2D eigenvalue weighted by Gasteiger charge is -2.40. The summed E-state index contributed by atoms with van der Waals surface area (Å²) in [6.07, 6.45) is 1.21. The Kier molecular flexibility index (Phi) is 5.48. The number of methoxy groups -OCH3 is 1. The maximum Gasteiger partial charge on any atom is 0.125 e. The van der Waals surface area contributed by atoms with Crippen molar-refractivity contribution in [2.75, 3.05) is 38.2 Å². The van der Waals surface area contributed by atoms with Crippen LogP contribution in [0.15, 0.2) is 18.2 Å². The van der Waals surface area contributed by atoms with Crippen LogP contribution in [-0.4, -0.2) is 44.2 Å². The highest BCUT2D eigenvalue weighted by molar-refractivity contribution is 5.61. The Bertz CT molecular complexity index is 453. The number of ether oxygens (including phenoxy) is 1. The average molecular weight is 291 g/mol. The second-order valence-electron chi connectivity index (χ2n) is 5.96. The number of benzene rings is 1. The molecule has 4 heteroatoms. The number of anilines is 1. The fourth-order valence-electron chi connectivity index (χ4n) is 3.11. The van der Waals surface area contributed by atoms with E-state index in [1.54, 1.807) is 7.11 Å². The minimum atomic E-state index is -0.0243. The van der Waals surface area contributed by atoms with E-state index >= 15 is 0 Å². The molecule has 1 fully saturated rings. The van der Waals surface area contributed by atoms with Crippen molar-refractivity contribution in [2.24, 2.45) is 5.73 Å². The lowest BCUT2D eigenvalue weighted by molar-refractivity contribution is 0.192. The first-order chi connectivity index (χ1) is 10.1. The number of nitrogens with zero attached hydrogens (tertiary/aromatic N) is 2. The largest absolute Gasteiger partial charge is 0.496 e. The highest BCUT2D eigenvalue weighted by atomic mass is 16.5. The van der Waals surface area contributed by atoms with Gasteiger partial charge in [-0.25, -0.2) is 0 Å². The molecule has 0 radical (unpaired) electrons. The zero-order valence-corrected chi connectivity index (χ0v) is 13.8. The molecule has 1 aromatic rings. The molecule has 1 heterocycles. The van der Waals surface area contributed by atoms with Gasteiger partial charge in [-0.3, -0.25) is 4.90 Å². The second-order valence-corrected chi connectivity index (χ2v) is 5.96. The summed E-state index contributed by atoms with van der Waals surface area (Å²) in [5, 5.41) is 0. The van der Waals surface area contributed by atoms with Gasteiger partial charge in [0, 0.05) is 49.5 Å². The predicted octanol–water partition coefficient (Wildman–Crippen LogP) is 2.64. The van der Waals surface area contributed by atoms with Gasteiger partial charge in [0.2, 0.25) is 0 Å². The van der Waals surface area contributed by atoms with Crippen molar-refractivity contribution in [3.05, 3.63) is 23.8 Å². The van der Waals surface area contributed by atoms with E-state index in [2.05, 4.69) is 35.8 Å². The molecule has 0 saturated carbocycles. The summed E-state index contributed by atoms with van der Waals surface area (Å²) in [5.41, 5.74) is 8.53. The van der Waals surface area contributed by atoms with Gasteiger partial charge >= 0.3 is 0 Å². The van der Waals surface area contributed by atoms with E-state index in [4.69, 9.17) is 10.5 Å². The molecule has 1 aromatic carbocycles. The third kappa shape index (κ3) is 3.50. The Balaban J connectivity index is 2.17. The average Bonchev–Trinajstić information content (AvgIpc) is 2.53. The first kappa shape index (κ1) is 16.1. The molecule has 0 spiro atoms. The van der Waals surface area contributed by atoms with E-state index in [-0.39, 0.29) is 6.04 Å². The Morgan fingerprint density at radius 2 is 1.86 bits per heavy atom. The Labute approximate surface area is 128 Å². The van der Waals surface area contributed by atoms with Crippen molar-refractivity contribution < 1.29 is 4.74 Å². The van der Waals surface area contributed by atoms with Crippen molar-refractivity contribution in [3.8, 4) is 5.75 Å². The van der Waals surface area contributed by atoms with Gasteiger partial charge in [0.05, 0.1) is 7.11 Å². The first-order valence-electron chi connectivity index (χ1n) is 8.00. The minimum absolute atomic E-state index is 0.0243. The van der Waals surface area contributed by atoms with Gasteiger partial charge in [-0.15, -0.1) is 0 Å². The van der Waals surface area contributed by atoms with Crippen LogP contribution in [-0.2, 0) is 0 Å². The summed E-state index contributed by atoms with van der Waals surface area (Å²) >= 11 is 0. The zero-order chi connectivity index (χ0) is 15.4. The molecule has 1 unspecified atom stereocenters. The summed E-state index contributed by atoms with van der Waals surface area (Å²) in [6.45, 7) is 10.9. The highest BCUT2D eigenvalue weighted by Gasteiger charge is 2.23. The maximum atomic E-state index is 6.18. The van der Waals surface area contributed by atoms with Gasteiger partial charge in [-0.05, 0) is 32.4 Å². The van der Waals surface area contributed by atoms with Gasteiger partial charge in [-0.2, -0.15) is 0 Å². The molecule has 2 atom stereocenters. The molecule has 118 valence electrons. The van der Waals surface area contributed by atoms with Crippen LogP contribution in [0.4, 0.5) is 5.69 Å². The summed E-state index contributed by atoms with van der Waals surface area (Å²) in [6, 6.07) is 6.87. The van der Waals surface area contributed by atoms with Crippen LogP contribution in [0.5, 0.6) is 5.75 Å². The standard InChI is InChI=1S/C17H29N3O/c1-5-13(2)19-9-11-20(12-10-19)15-7-6-8-16(21-4)17(15)14(3)18/h6-8,13-14H,5,9-12,18H2,1-4H3/t13?,14-/m0/s1. The van der Waals surface area contributed by atoms with Crippen LogP contribution in [0, 0.1) is 0 Å². The molecular weight excluding hydrogens is 262 g/mol. The van der Waals surface area contributed by atoms with Crippen molar-refractivity contribution in [3.63, 3.8) is 0 Å². The zero-order valence-electron chi connectivity index (χ0n) is 13.8. The van der Waals surface area contributed by atoms with Crippen molar-refractivity contribution in [2.45, 2.75) is 39.3 Å². The Morgan fingerprint density at radius 3 is 2.38 bits per heavy atom. The van der Waals surface area contributed by atoms with E-state index in [9.17, 15) is 0 Å². The van der Waals surface area contributed by atoms with Crippen LogP contribution in [0.1, 0.15) is 38.8 Å². The van der Waals surface area contributed by atoms with Gasteiger partial charge in [0.15, 0.2) is 0 Å². The fraction of sp³-hybridized carbons (Fsp3) is 0.647. The van der Waals surface area contributed by atoms with Crippen LogP contribution in [0.2, 0.25) is 0 Å². The van der Waals surface area contributed by atoms with Gasteiger partial charge in [0.25, 0.3) is 0 Å². The normalized spacial score (nSPS) is 19.4. The van der Waals surface area contributed by atoms with Gasteiger partial charge in [-0.1, -0.05) is 13.0 Å². The van der Waals surface area contributed by atoms with Gasteiger partial charge in [0.1, 0.15) is 5.75 Å². The quantitative estimate of drug-likeness (QED) is 0.905.